The lowest BCUT2D eigenvalue weighted by Gasteiger charge is -2.12. The van der Waals surface area contributed by atoms with Gasteiger partial charge in [0.15, 0.2) is 0 Å². The van der Waals surface area contributed by atoms with Crippen LogP contribution < -0.4 is 9.47 Å². The molecule has 2 aromatic carbocycles. The molecule has 0 saturated carbocycles. The van der Waals surface area contributed by atoms with Crippen LogP contribution in [0.4, 0.5) is 4.79 Å². The minimum atomic E-state index is -0.778. The molecule has 2 aromatic rings. The van der Waals surface area contributed by atoms with Gasteiger partial charge < -0.3 is 28.4 Å². The van der Waals surface area contributed by atoms with Crippen molar-refractivity contribution < 1.29 is 33.2 Å². The molecule has 0 N–H and O–H groups in total. The van der Waals surface area contributed by atoms with Gasteiger partial charge in [-0.15, -0.1) is 0 Å². The van der Waals surface area contributed by atoms with E-state index in [-0.39, 0.29) is 0 Å². The molecule has 0 saturated heterocycles. The third kappa shape index (κ3) is 10.2. The van der Waals surface area contributed by atoms with Crippen LogP contribution in [-0.2, 0) is 31.8 Å². The first-order valence-electron chi connectivity index (χ1n) is 11.1. The number of hydrogen-bond donors (Lipinski definition) is 0. The predicted octanol–water partition coefficient (Wildman–Crippen LogP) is 4.46. The summed E-state index contributed by atoms with van der Waals surface area (Å²) in [4.78, 5) is 12.4. The monoisotopic (exact) mass is 446 g/mol. The summed E-state index contributed by atoms with van der Waals surface area (Å²) in [5, 5.41) is 0. The lowest BCUT2D eigenvalue weighted by molar-refractivity contribution is 0.0538. The van der Waals surface area contributed by atoms with Crippen LogP contribution >= 0.6 is 0 Å². The zero-order chi connectivity index (χ0) is 22.9. The molecule has 0 aliphatic rings. The Morgan fingerprint density at radius 2 is 1.00 bits per heavy atom. The molecule has 0 fully saturated rings. The second-order valence-corrected chi connectivity index (χ2v) is 6.79. The van der Waals surface area contributed by atoms with E-state index in [0.29, 0.717) is 77.2 Å². The highest BCUT2D eigenvalue weighted by atomic mass is 16.7. The lowest BCUT2D eigenvalue weighted by Crippen LogP contribution is -2.16. The number of carbonyl (C=O) groups excluding carboxylic acids is 1. The van der Waals surface area contributed by atoms with E-state index in [2.05, 4.69) is 0 Å². The van der Waals surface area contributed by atoms with Crippen LogP contribution in [0, 0.1) is 0 Å². The number of hydrogen-bond acceptors (Lipinski definition) is 7. The maximum atomic E-state index is 12.4. The van der Waals surface area contributed by atoms with Gasteiger partial charge in [0.1, 0.15) is 11.5 Å². The highest BCUT2D eigenvalue weighted by Gasteiger charge is 2.13. The average molecular weight is 447 g/mol. The molecule has 0 radical (unpaired) electrons. The molecule has 176 valence electrons. The molecule has 7 heteroatoms. The second-order valence-electron chi connectivity index (χ2n) is 6.79. The van der Waals surface area contributed by atoms with E-state index in [0.717, 1.165) is 11.1 Å². The Kier molecular flexibility index (Phi) is 13.1. The Hall–Kier alpha value is -2.45. The molecule has 0 bridgehead atoms. The van der Waals surface area contributed by atoms with E-state index in [9.17, 15) is 4.79 Å². The van der Waals surface area contributed by atoms with Crippen LogP contribution in [0.3, 0.4) is 0 Å². The van der Waals surface area contributed by atoms with Crippen LogP contribution in [0.1, 0.15) is 25.0 Å². The van der Waals surface area contributed by atoms with Crippen molar-refractivity contribution >= 4 is 6.16 Å². The Bertz CT molecular complexity index is 715. The number of para-hydroxylation sites is 2. The summed E-state index contributed by atoms with van der Waals surface area (Å²) >= 11 is 0. The van der Waals surface area contributed by atoms with Crippen LogP contribution in [0.2, 0.25) is 0 Å². The van der Waals surface area contributed by atoms with Gasteiger partial charge in [-0.2, -0.15) is 0 Å². The third-order valence-electron chi connectivity index (χ3n) is 4.52. The number of benzene rings is 2. The third-order valence-corrected chi connectivity index (χ3v) is 4.52. The summed E-state index contributed by atoms with van der Waals surface area (Å²) in [7, 11) is 0. The van der Waals surface area contributed by atoms with Crippen molar-refractivity contribution in [2.45, 2.75) is 26.7 Å². The first kappa shape index (κ1) is 25.8. The fourth-order valence-electron chi connectivity index (χ4n) is 2.91. The van der Waals surface area contributed by atoms with Crippen molar-refractivity contribution in [2.75, 3.05) is 52.9 Å². The fraction of sp³-hybridized carbons (Fsp3) is 0.480. The number of ether oxygens (including phenoxy) is 6. The zero-order valence-electron chi connectivity index (χ0n) is 19.0. The van der Waals surface area contributed by atoms with Gasteiger partial charge in [-0.1, -0.05) is 36.4 Å². The maximum Gasteiger partial charge on any atom is 0.519 e. The normalized spacial score (nSPS) is 10.8. The maximum absolute atomic E-state index is 12.4. The largest absolute Gasteiger partial charge is 0.519 e. The highest BCUT2D eigenvalue weighted by Crippen LogP contribution is 2.22. The van der Waals surface area contributed by atoms with Gasteiger partial charge in [0, 0.05) is 13.2 Å². The van der Waals surface area contributed by atoms with Gasteiger partial charge in [-0.05, 0) is 49.9 Å². The standard InChI is InChI=1S/C25H34O7/c1-3-27-17-19-29-15-13-21-9-5-7-11-23(21)31-25(26)32-24-12-8-6-10-22(24)14-16-30-20-18-28-4-2/h5-12H,3-4,13-20H2,1-2H3. The van der Waals surface area contributed by atoms with Gasteiger partial charge in [-0.25, -0.2) is 4.79 Å². The topological polar surface area (TPSA) is 72.5 Å². The predicted molar refractivity (Wildman–Crippen MR) is 122 cm³/mol. The summed E-state index contributed by atoms with van der Waals surface area (Å²) in [6, 6.07) is 14.7. The van der Waals surface area contributed by atoms with Gasteiger partial charge in [0.25, 0.3) is 0 Å². The molecule has 0 aliphatic heterocycles. The van der Waals surface area contributed by atoms with Crippen LogP contribution in [0.15, 0.2) is 48.5 Å². The van der Waals surface area contributed by atoms with E-state index in [1.807, 2.05) is 50.2 Å². The minimum absolute atomic E-state index is 0.461. The smallest absolute Gasteiger partial charge is 0.394 e. The Morgan fingerprint density at radius 3 is 1.44 bits per heavy atom. The zero-order valence-corrected chi connectivity index (χ0v) is 19.0. The first-order valence-corrected chi connectivity index (χ1v) is 11.1. The highest BCUT2D eigenvalue weighted by molar-refractivity contribution is 5.68. The number of carbonyl (C=O) groups is 1. The van der Waals surface area contributed by atoms with E-state index in [1.165, 1.54) is 0 Å². The van der Waals surface area contributed by atoms with Crippen molar-refractivity contribution in [1.29, 1.82) is 0 Å². The molecule has 0 amide bonds. The number of rotatable bonds is 16. The summed E-state index contributed by atoms with van der Waals surface area (Å²) < 4.78 is 32.6. The molecule has 0 spiro atoms. The van der Waals surface area contributed by atoms with E-state index < -0.39 is 6.16 Å². The molecule has 0 unspecified atom stereocenters. The molecule has 7 nitrogen and oxygen atoms in total. The molecular formula is C25H34O7. The van der Waals surface area contributed by atoms with Gasteiger partial charge in [-0.3, -0.25) is 0 Å². The van der Waals surface area contributed by atoms with E-state index in [1.54, 1.807) is 12.1 Å². The summed E-state index contributed by atoms with van der Waals surface area (Å²) in [6.07, 6.45) is 0.454. The Morgan fingerprint density at radius 1 is 0.594 bits per heavy atom. The van der Waals surface area contributed by atoms with Gasteiger partial charge in [0.2, 0.25) is 0 Å². The second kappa shape index (κ2) is 16.2. The van der Waals surface area contributed by atoms with E-state index >= 15 is 0 Å². The van der Waals surface area contributed by atoms with Crippen molar-refractivity contribution in [3.05, 3.63) is 59.7 Å². The summed E-state index contributed by atoms with van der Waals surface area (Å²) in [5.41, 5.74) is 1.74. The van der Waals surface area contributed by atoms with Crippen LogP contribution in [-0.4, -0.2) is 59.0 Å². The first-order chi connectivity index (χ1) is 15.7. The summed E-state index contributed by atoms with van der Waals surface area (Å²) in [5.74, 6) is 0.922. The Balaban J connectivity index is 1.84. The lowest BCUT2D eigenvalue weighted by atomic mass is 10.1. The Labute approximate surface area is 190 Å². The molecule has 0 atom stereocenters. The van der Waals surface area contributed by atoms with E-state index in [4.69, 9.17) is 28.4 Å². The molecule has 0 aromatic heterocycles. The van der Waals surface area contributed by atoms with Crippen molar-refractivity contribution in [2.24, 2.45) is 0 Å². The SMILES string of the molecule is CCOCCOCCc1ccccc1OC(=O)Oc1ccccc1CCOCCOCC. The molecular weight excluding hydrogens is 412 g/mol. The van der Waals surface area contributed by atoms with Crippen molar-refractivity contribution in [3.8, 4) is 11.5 Å². The summed E-state index contributed by atoms with van der Waals surface area (Å²) in [6.45, 7) is 8.46. The van der Waals surface area contributed by atoms with Crippen LogP contribution in [0.25, 0.3) is 0 Å². The molecule has 2 rings (SSSR count). The average Bonchev–Trinajstić information content (AvgIpc) is 2.80. The van der Waals surface area contributed by atoms with Crippen LogP contribution in [0.5, 0.6) is 11.5 Å². The quantitative estimate of drug-likeness (QED) is 0.214. The molecule has 32 heavy (non-hydrogen) atoms. The van der Waals surface area contributed by atoms with Gasteiger partial charge in [0.05, 0.1) is 39.6 Å². The molecule has 0 heterocycles. The fourth-order valence-corrected chi connectivity index (χ4v) is 2.91. The van der Waals surface area contributed by atoms with Gasteiger partial charge >= 0.3 is 6.16 Å². The molecule has 0 aliphatic carbocycles. The van der Waals surface area contributed by atoms with Crippen molar-refractivity contribution in [3.63, 3.8) is 0 Å². The van der Waals surface area contributed by atoms with Crippen molar-refractivity contribution in [1.82, 2.24) is 0 Å². The minimum Gasteiger partial charge on any atom is -0.394 e.